The minimum atomic E-state index is -0.000812. The quantitative estimate of drug-likeness (QED) is 0.808. The van der Waals surface area contributed by atoms with E-state index >= 15 is 0 Å². The van der Waals surface area contributed by atoms with Crippen LogP contribution in [-0.2, 0) is 4.79 Å². The van der Waals surface area contributed by atoms with Crippen LogP contribution in [0.5, 0.6) is 0 Å². The Hall–Kier alpha value is -1.85. The number of aromatic nitrogens is 2. The van der Waals surface area contributed by atoms with Gasteiger partial charge in [-0.15, -0.1) is 0 Å². The van der Waals surface area contributed by atoms with Crippen LogP contribution in [0.3, 0.4) is 0 Å². The van der Waals surface area contributed by atoms with Gasteiger partial charge in [-0.1, -0.05) is 0 Å². The molecular formula is C13H23N5O. The van der Waals surface area contributed by atoms with Crippen molar-refractivity contribution in [3.63, 3.8) is 0 Å². The van der Waals surface area contributed by atoms with Gasteiger partial charge >= 0.3 is 0 Å². The highest BCUT2D eigenvalue weighted by molar-refractivity contribution is 5.81. The lowest BCUT2D eigenvalue weighted by Gasteiger charge is -2.22. The third-order valence-electron chi connectivity index (χ3n) is 2.55. The van der Waals surface area contributed by atoms with E-state index in [1.165, 1.54) is 0 Å². The maximum absolute atomic E-state index is 11.8. The van der Waals surface area contributed by atoms with E-state index in [2.05, 4.69) is 20.6 Å². The van der Waals surface area contributed by atoms with E-state index in [0.717, 1.165) is 11.5 Å². The molecule has 19 heavy (non-hydrogen) atoms. The van der Waals surface area contributed by atoms with Crippen LogP contribution in [0.1, 0.15) is 26.5 Å². The maximum Gasteiger partial charge on any atom is 0.239 e. The molecule has 0 unspecified atom stereocenters. The number of hydrogen-bond acceptors (Lipinski definition) is 5. The number of anilines is 2. The summed E-state index contributed by atoms with van der Waals surface area (Å²) in [6.07, 6.45) is 0. The number of carbonyl (C=O) groups excluding carboxylic acids is 1. The van der Waals surface area contributed by atoms with Crippen molar-refractivity contribution in [1.29, 1.82) is 0 Å². The van der Waals surface area contributed by atoms with Crippen molar-refractivity contribution in [3.8, 4) is 0 Å². The molecule has 2 N–H and O–H groups in total. The standard InChI is InChI=1S/C13H23N5O/c1-6-18(8-12(19)15-9(2)3)11-7-10(4)16-13(14-5)17-11/h7,9H,6,8H2,1-5H3,(H,15,19)(H,14,16,17). The number of rotatable bonds is 6. The van der Waals surface area contributed by atoms with Gasteiger partial charge in [-0.2, -0.15) is 4.98 Å². The first-order valence-electron chi connectivity index (χ1n) is 6.54. The van der Waals surface area contributed by atoms with E-state index in [1.807, 2.05) is 38.7 Å². The van der Waals surface area contributed by atoms with Gasteiger partial charge in [0.15, 0.2) is 0 Å². The summed E-state index contributed by atoms with van der Waals surface area (Å²) in [4.78, 5) is 22.4. The molecule has 0 fully saturated rings. The molecule has 1 aromatic heterocycles. The van der Waals surface area contributed by atoms with Crippen molar-refractivity contribution in [1.82, 2.24) is 15.3 Å². The molecule has 1 heterocycles. The maximum atomic E-state index is 11.8. The minimum absolute atomic E-state index is 0.000812. The zero-order chi connectivity index (χ0) is 14.4. The normalized spacial score (nSPS) is 10.4. The average molecular weight is 265 g/mol. The smallest absolute Gasteiger partial charge is 0.239 e. The highest BCUT2D eigenvalue weighted by Gasteiger charge is 2.13. The molecular weight excluding hydrogens is 242 g/mol. The van der Waals surface area contributed by atoms with Crippen LogP contribution in [0.4, 0.5) is 11.8 Å². The van der Waals surface area contributed by atoms with Crippen molar-refractivity contribution in [3.05, 3.63) is 11.8 Å². The third-order valence-corrected chi connectivity index (χ3v) is 2.55. The topological polar surface area (TPSA) is 70.2 Å². The van der Waals surface area contributed by atoms with Crippen LogP contribution in [0.2, 0.25) is 0 Å². The second-order valence-electron chi connectivity index (χ2n) is 4.68. The average Bonchev–Trinajstić information content (AvgIpc) is 2.34. The van der Waals surface area contributed by atoms with Gasteiger partial charge in [0.2, 0.25) is 11.9 Å². The number of aryl methyl sites for hydroxylation is 1. The summed E-state index contributed by atoms with van der Waals surface area (Å²) in [5.74, 6) is 1.33. The molecule has 0 spiro atoms. The van der Waals surface area contributed by atoms with Gasteiger partial charge < -0.3 is 15.5 Å². The molecule has 0 aliphatic rings. The van der Waals surface area contributed by atoms with Gasteiger partial charge in [0.05, 0.1) is 6.54 Å². The first kappa shape index (κ1) is 15.2. The molecule has 0 bridgehead atoms. The van der Waals surface area contributed by atoms with Crippen molar-refractivity contribution in [2.75, 3.05) is 30.4 Å². The Balaban J connectivity index is 2.84. The molecule has 0 aromatic carbocycles. The molecule has 1 rings (SSSR count). The Bertz CT molecular complexity index is 433. The lowest BCUT2D eigenvalue weighted by Crippen LogP contribution is -2.40. The molecule has 0 aliphatic carbocycles. The first-order chi connectivity index (χ1) is 8.96. The fourth-order valence-electron chi connectivity index (χ4n) is 1.72. The van der Waals surface area contributed by atoms with Crippen molar-refractivity contribution in [2.45, 2.75) is 33.7 Å². The lowest BCUT2D eigenvalue weighted by molar-refractivity contribution is -0.120. The summed E-state index contributed by atoms with van der Waals surface area (Å²) < 4.78 is 0. The molecule has 106 valence electrons. The Morgan fingerprint density at radius 1 is 1.42 bits per heavy atom. The molecule has 0 saturated carbocycles. The Labute approximate surface area is 114 Å². The lowest BCUT2D eigenvalue weighted by atomic mass is 10.3. The molecule has 6 nitrogen and oxygen atoms in total. The Morgan fingerprint density at radius 2 is 2.11 bits per heavy atom. The highest BCUT2D eigenvalue weighted by atomic mass is 16.2. The third kappa shape index (κ3) is 4.73. The fraction of sp³-hybridized carbons (Fsp3) is 0.615. The second-order valence-corrected chi connectivity index (χ2v) is 4.68. The molecule has 0 saturated heterocycles. The van der Waals surface area contributed by atoms with Crippen molar-refractivity contribution >= 4 is 17.7 Å². The van der Waals surface area contributed by atoms with Gasteiger partial charge in [-0.05, 0) is 27.7 Å². The van der Waals surface area contributed by atoms with Crippen LogP contribution < -0.4 is 15.5 Å². The second kappa shape index (κ2) is 6.92. The number of likely N-dealkylation sites (N-methyl/N-ethyl adjacent to an activating group) is 1. The summed E-state index contributed by atoms with van der Waals surface area (Å²) in [7, 11) is 1.78. The molecule has 6 heteroatoms. The van der Waals surface area contributed by atoms with E-state index in [1.54, 1.807) is 7.05 Å². The van der Waals surface area contributed by atoms with E-state index in [-0.39, 0.29) is 11.9 Å². The van der Waals surface area contributed by atoms with E-state index in [0.29, 0.717) is 19.0 Å². The van der Waals surface area contributed by atoms with Gasteiger partial charge in [0.25, 0.3) is 0 Å². The highest BCUT2D eigenvalue weighted by Crippen LogP contribution is 2.14. The first-order valence-corrected chi connectivity index (χ1v) is 6.54. The van der Waals surface area contributed by atoms with Gasteiger partial charge in [-0.25, -0.2) is 4.98 Å². The van der Waals surface area contributed by atoms with Crippen LogP contribution in [0.15, 0.2) is 6.07 Å². The largest absolute Gasteiger partial charge is 0.357 e. The minimum Gasteiger partial charge on any atom is -0.357 e. The summed E-state index contributed by atoms with van der Waals surface area (Å²) in [5, 5.41) is 5.80. The number of carbonyl (C=O) groups is 1. The Morgan fingerprint density at radius 3 is 2.63 bits per heavy atom. The summed E-state index contributed by atoms with van der Waals surface area (Å²) >= 11 is 0. The molecule has 0 atom stereocenters. The molecule has 0 aliphatic heterocycles. The van der Waals surface area contributed by atoms with Gasteiger partial charge in [0.1, 0.15) is 5.82 Å². The monoisotopic (exact) mass is 265 g/mol. The van der Waals surface area contributed by atoms with E-state index in [4.69, 9.17) is 0 Å². The fourth-order valence-corrected chi connectivity index (χ4v) is 1.72. The van der Waals surface area contributed by atoms with Crippen molar-refractivity contribution < 1.29 is 4.79 Å². The predicted octanol–water partition coefficient (Wildman–Crippen LogP) is 1.18. The zero-order valence-electron chi connectivity index (χ0n) is 12.3. The predicted molar refractivity (Wildman–Crippen MR) is 77.5 cm³/mol. The number of nitrogens with zero attached hydrogens (tertiary/aromatic N) is 3. The zero-order valence-corrected chi connectivity index (χ0v) is 12.3. The van der Waals surface area contributed by atoms with Gasteiger partial charge in [0, 0.05) is 31.4 Å². The summed E-state index contributed by atoms with van der Waals surface area (Å²) in [5.41, 5.74) is 0.872. The molecule has 1 aromatic rings. The molecule has 0 radical (unpaired) electrons. The van der Waals surface area contributed by atoms with Crippen LogP contribution in [0.25, 0.3) is 0 Å². The number of nitrogens with one attached hydrogen (secondary N) is 2. The SMILES string of the molecule is CCN(CC(=O)NC(C)C)c1cc(C)nc(NC)n1. The van der Waals surface area contributed by atoms with E-state index < -0.39 is 0 Å². The van der Waals surface area contributed by atoms with Crippen LogP contribution in [-0.4, -0.2) is 42.1 Å². The van der Waals surface area contributed by atoms with Crippen LogP contribution in [0, 0.1) is 6.92 Å². The number of amides is 1. The number of hydrogen-bond donors (Lipinski definition) is 2. The molecule has 1 amide bonds. The Kier molecular flexibility index (Phi) is 5.54. The van der Waals surface area contributed by atoms with Crippen LogP contribution >= 0.6 is 0 Å². The van der Waals surface area contributed by atoms with Crippen molar-refractivity contribution in [2.24, 2.45) is 0 Å². The summed E-state index contributed by atoms with van der Waals surface area (Å²) in [6.45, 7) is 8.82. The van der Waals surface area contributed by atoms with E-state index in [9.17, 15) is 4.79 Å². The van der Waals surface area contributed by atoms with Gasteiger partial charge in [-0.3, -0.25) is 4.79 Å². The summed E-state index contributed by atoms with van der Waals surface area (Å²) in [6, 6.07) is 2.03.